The van der Waals surface area contributed by atoms with Gasteiger partial charge in [0.1, 0.15) is 11.6 Å². The molecule has 0 unspecified atom stereocenters. The lowest BCUT2D eigenvalue weighted by molar-refractivity contribution is 0.599. The minimum Gasteiger partial charge on any atom is -0.330 e. The summed E-state index contributed by atoms with van der Waals surface area (Å²) in [5.74, 6) is 0.585. The number of nitrogens with zero attached hydrogens (tertiary/aromatic N) is 2. The summed E-state index contributed by atoms with van der Waals surface area (Å²) in [7, 11) is 0. The lowest BCUT2D eigenvalue weighted by atomic mass is 10.1. The van der Waals surface area contributed by atoms with Crippen molar-refractivity contribution in [1.82, 2.24) is 9.36 Å². The summed E-state index contributed by atoms with van der Waals surface area (Å²) in [6.07, 6.45) is 1.50. The van der Waals surface area contributed by atoms with Crippen molar-refractivity contribution in [2.24, 2.45) is 5.73 Å². The van der Waals surface area contributed by atoms with E-state index in [-0.39, 0.29) is 5.82 Å². The summed E-state index contributed by atoms with van der Waals surface area (Å²) >= 11 is 2.62. The monoisotopic (exact) mass is 283 g/mol. The van der Waals surface area contributed by atoms with E-state index in [2.05, 4.69) is 9.36 Å². The van der Waals surface area contributed by atoms with Gasteiger partial charge in [0.05, 0.1) is 4.90 Å². The molecule has 1 aromatic carbocycles. The molecular formula is C12H14FN3S2. The van der Waals surface area contributed by atoms with Gasteiger partial charge in [-0.3, -0.25) is 0 Å². The quantitative estimate of drug-likeness (QED) is 0.916. The van der Waals surface area contributed by atoms with Gasteiger partial charge >= 0.3 is 0 Å². The molecule has 2 aromatic rings. The van der Waals surface area contributed by atoms with Crippen LogP contribution in [0.4, 0.5) is 4.39 Å². The normalized spacial score (nSPS) is 10.8. The van der Waals surface area contributed by atoms with Gasteiger partial charge in [-0.15, -0.1) is 0 Å². The molecule has 2 rings (SSSR count). The Morgan fingerprint density at radius 2 is 2.28 bits per heavy atom. The number of aromatic nitrogens is 2. The van der Waals surface area contributed by atoms with Gasteiger partial charge in [-0.2, -0.15) is 4.37 Å². The molecule has 0 aliphatic rings. The summed E-state index contributed by atoms with van der Waals surface area (Å²) in [6, 6.07) is 5.22. The molecular weight excluding hydrogens is 269 g/mol. The second kappa shape index (κ2) is 6.26. The van der Waals surface area contributed by atoms with Crippen molar-refractivity contribution in [1.29, 1.82) is 0 Å². The third-order valence-corrected chi connectivity index (χ3v) is 4.23. The summed E-state index contributed by atoms with van der Waals surface area (Å²) in [5.41, 5.74) is 6.37. The molecule has 0 fully saturated rings. The van der Waals surface area contributed by atoms with Crippen LogP contribution in [-0.2, 0) is 12.8 Å². The summed E-state index contributed by atoms with van der Waals surface area (Å²) in [4.78, 5) is 4.89. The zero-order valence-corrected chi connectivity index (χ0v) is 11.7. The van der Waals surface area contributed by atoms with E-state index in [1.165, 1.54) is 29.4 Å². The average molecular weight is 283 g/mol. The maximum atomic E-state index is 13.8. The summed E-state index contributed by atoms with van der Waals surface area (Å²) in [6.45, 7) is 2.53. The number of hydrogen-bond acceptors (Lipinski definition) is 5. The molecule has 96 valence electrons. The Labute approximate surface area is 114 Å². The third kappa shape index (κ3) is 3.28. The van der Waals surface area contributed by atoms with Crippen LogP contribution in [0.25, 0.3) is 0 Å². The van der Waals surface area contributed by atoms with Crippen LogP contribution in [0.1, 0.15) is 18.3 Å². The molecule has 0 atom stereocenters. The molecule has 0 saturated heterocycles. The number of benzene rings is 1. The van der Waals surface area contributed by atoms with Crippen LogP contribution in [0.15, 0.2) is 27.4 Å². The Morgan fingerprint density at radius 1 is 1.44 bits per heavy atom. The van der Waals surface area contributed by atoms with Crippen LogP contribution >= 0.6 is 23.3 Å². The first kappa shape index (κ1) is 13.5. The van der Waals surface area contributed by atoms with Gasteiger partial charge in [-0.1, -0.05) is 24.8 Å². The zero-order chi connectivity index (χ0) is 13.0. The second-order valence-electron chi connectivity index (χ2n) is 3.74. The summed E-state index contributed by atoms with van der Waals surface area (Å²) < 4.78 is 18.8. The predicted molar refractivity (Wildman–Crippen MR) is 72.6 cm³/mol. The van der Waals surface area contributed by atoms with Crippen LogP contribution < -0.4 is 5.73 Å². The van der Waals surface area contributed by atoms with E-state index in [0.29, 0.717) is 17.9 Å². The van der Waals surface area contributed by atoms with Gasteiger partial charge in [0.25, 0.3) is 0 Å². The van der Waals surface area contributed by atoms with E-state index in [1.807, 2.05) is 13.0 Å². The molecule has 6 heteroatoms. The molecule has 0 radical (unpaired) electrons. The van der Waals surface area contributed by atoms with Crippen LogP contribution in [0.2, 0.25) is 0 Å². The Kier molecular flexibility index (Phi) is 4.68. The van der Waals surface area contributed by atoms with Crippen LogP contribution in [0, 0.1) is 5.82 Å². The van der Waals surface area contributed by atoms with Crippen molar-refractivity contribution in [3.8, 4) is 0 Å². The number of nitrogens with two attached hydrogens (primary N) is 1. The second-order valence-corrected chi connectivity index (χ2v) is 5.78. The molecule has 2 N–H and O–H groups in total. The van der Waals surface area contributed by atoms with Gasteiger partial charge in [-0.25, -0.2) is 9.37 Å². The fraction of sp³-hybridized carbons (Fsp3) is 0.333. The topological polar surface area (TPSA) is 51.8 Å². The first-order valence-electron chi connectivity index (χ1n) is 5.72. The molecule has 0 bridgehead atoms. The van der Waals surface area contributed by atoms with Crippen molar-refractivity contribution < 1.29 is 4.39 Å². The number of rotatable bonds is 5. The van der Waals surface area contributed by atoms with Crippen LogP contribution in [-0.4, -0.2) is 15.9 Å². The molecule has 18 heavy (non-hydrogen) atoms. The van der Waals surface area contributed by atoms with E-state index in [0.717, 1.165) is 22.1 Å². The van der Waals surface area contributed by atoms with Crippen LogP contribution in [0.5, 0.6) is 0 Å². The van der Waals surface area contributed by atoms with E-state index < -0.39 is 0 Å². The highest BCUT2D eigenvalue weighted by atomic mass is 32.2. The molecule has 0 spiro atoms. The lowest BCUT2D eigenvalue weighted by Crippen LogP contribution is -2.02. The van der Waals surface area contributed by atoms with E-state index in [4.69, 9.17) is 5.73 Å². The van der Waals surface area contributed by atoms with Gasteiger partial charge < -0.3 is 5.73 Å². The van der Waals surface area contributed by atoms with Crippen molar-refractivity contribution in [3.63, 3.8) is 0 Å². The predicted octanol–water partition coefficient (Wildman–Crippen LogP) is 2.89. The van der Waals surface area contributed by atoms with Crippen molar-refractivity contribution in [2.75, 3.05) is 6.54 Å². The largest absolute Gasteiger partial charge is 0.330 e. The highest BCUT2D eigenvalue weighted by Gasteiger charge is 2.09. The number of hydrogen-bond donors (Lipinski definition) is 1. The van der Waals surface area contributed by atoms with E-state index >= 15 is 0 Å². The molecule has 0 aliphatic carbocycles. The van der Waals surface area contributed by atoms with Gasteiger partial charge in [-0.05, 0) is 42.2 Å². The fourth-order valence-corrected chi connectivity index (χ4v) is 3.13. The summed E-state index contributed by atoms with van der Waals surface area (Å²) in [5, 5.41) is 0. The van der Waals surface area contributed by atoms with E-state index in [1.54, 1.807) is 6.07 Å². The Balaban J connectivity index is 2.13. The fourth-order valence-electron chi connectivity index (χ4n) is 1.47. The lowest BCUT2D eigenvalue weighted by Gasteiger charge is -2.03. The van der Waals surface area contributed by atoms with E-state index in [9.17, 15) is 4.39 Å². The Bertz CT molecular complexity index is 528. The minimum atomic E-state index is -0.223. The average Bonchev–Trinajstić information content (AvgIpc) is 2.81. The first-order chi connectivity index (χ1) is 8.72. The maximum absolute atomic E-state index is 13.8. The number of aryl methyl sites for hydroxylation is 1. The molecule has 1 heterocycles. The van der Waals surface area contributed by atoms with Crippen molar-refractivity contribution >= 4 is 23.3 Å². The van der Waals surface area contributed by atoms with Crippen molar-refractivity contribution in [3.05, 3.63) is 35.4 Å². The smallest absolute Gasteiger partial charge is 0.174 e. The molecule has 3 nitrogen and oxygen atoms in total. The molecule has 0 aliphatic heterocycles. The highest BCUT2D eigenvalue weighted by molar-refractivity contribution is 8.01. The Morgan fingerprint density at radius 3 is 2.89 bits per heavy atom. The zero-order valence-electron chi connectivity index (χ0n) is 10.0. The Hall–Kier alpha value is -0.980. The standard InChI is InChI=1S/C12H14FN3S2/c1-2-11-15-12(18-16-11)17-10-4-3-8(5-6-14)7-9(10)13/h3-4,7H,2,5-6,14H2,1H3. The molecule has 0 amide bonds. The SMILES string of the molecule is CCc1nsc(Sc2ccc(CCN)cc2F)n1. The molecule has 0 saturated carbocycles. The molecule has 1 aromatic heterocycles. The van der Waals surface area contributed by atoms with Gasteiger partial charge in [0.15, 0.2) is 4.34 Å². The highest BCUT2D eigenvalue weighted by Crippen LogP contribution is 2.31. The third-order valence-electron chi connectivity index (χ3n) is 2.39. The maximum Gasteiger partial charge on any atom is 0.174 e. The minimum absolute atomic E-state index is 0.223. The first-order valence-corrected chi connectivity index (χ1v) is 7.31. The van der Waals surface area contributed by atoms with Crippen molar-refractivity contribution in [2.45, 2.75) is 29.0 Å². The number of halogens is 1. The van der Waals surface area contributed by atoms with Crippen LogP contribution in [0.3, 0.4) is 0 Å². The van der Waals surface area contributed by atoms with Gasteiger partial charge in [0.2, 0.25) is 0 Å². The van der Waals surface area contributed by atoms with Gasteiger partial charge in [0, 0.05) is 6.42 Å².